The van der Waals surface area contributed by atoms with Crippen LogP contribution in [0.15, 0.2) is 36.5 Å². The predicted molar refractivity (Wildman–Crippen MR) is 63.9 cm³/mol. The van der Waals surface area contributed by atoms with E-state index in [0.29, 0.717) is 0 Å². The van der Waals surface area contributed by atoms with Crippen molar-refractivity contribution in [2.24, 2.45) is 7.05 Å². The van der Waals surface area contributed by atoms with Crippen molar-refractivity contribution in [1.82, 2.24) is 9.55 Å². The molecule has 0 radical (unpaired) electrons. The molecule has 0 unspecified atom stereocenters. The van der Waals surface area contributed by atoms with E-state index in [-0.39, 0.29) is 0 Å². The number of imidazole rings is 1. The van der Waals surface area contributed by atoms with E-state index in [1.807, 2.05) is 41.9 Å². The first kappa shape index (κ1) is 10.9. The molecule has 3 heteroatoms. The Hall–Kier alpha value is -1.61. The fraction of sp³-hybridized carbons (Fsp3) is 0.308. The first-order chi connectivity index (χ1) is 7.50. The van der Waals surface area contributed by atoms with Crippen LogP contribution in [0.3, 0.4) is 0 Å². The molecule has 0 aliphatic carbocycles. The molecule has 1 N–H and O–H groups in total. The fourth-order valence-corrected chi connectivity index (χ4v) is 1.83. The van der Waals surface area contributed by atoms with Gasteiger partial charge in [-0.05, 0) is 13.8 Å². The van der Waals surface area contributed by atoms with Crippen molar-refractivity contribution in [3.63, 3.8) is 0 Å². The van der Waals surface area contributed by atoms with Crippen molar-refractivity contribution in [2.45, 2.75) is 19.4 Å². The quantitative estimate of drug-likeness (QED) is 0.836. The summed E-state index contributed by atoms with van der Waals surface area (Å²) in [5.41, 5.74) is 1.00. The molecule has 2 aromatic rings. The maximum Gasteiger partial charge on any atom is 0.139 e. The van der Waals surface area contributed by atoms with Crippen LogP contribution in [-0.4, -0.2) is 14.7 Å². The summed E-state index contributed by atoms with van der Waals surface area (Å²) in [5.74, 6) is 0.873. The molecular formula is C13H16N2O. The van der Waals surface area contributed by atoms with E-state index in [9.17, 15) is 5.11 Å². The third-order valence-electron chi connectivity index (χ3n) is 2.65. The van der Waals surface area contributed by atoms with Crippen LogP contribution in [0.1, 0.15) is 19.5 Å². The molecule has 0 spiro atoms. The molecule has 84 valence electrons. The van der Waals surface area contributed by atoms with E-state index in [0.717, 1.165) is 17.1 Å². The Morgan fingerprint density at radius 2 is 1.81 bits per heavy atom. The lowest BCUT2D eigenvalue weighted by atomic mass is 10.1. The Balaban J connectivity index is 2.50. The Labute approximate surface area is 95.4 Å². The smallest absolute Gasteiger partial charge is 0.139 e. The van der Waals surface area contributed by atoms with Crippen LogP contribution in [0.25, 0.3) is 11.4 Å². The largest absolute Gasteiger partial charge is 0.384 e. The average molecular weight is 216 g/mol. The minimum absolute atomic E-state index is 0.811. The van der Waals surface area contributed by atoms with Crippen LogP contribution in [0.2, 0.25) is 0 Å². The van der Waals surface area contributed by atoms with Gasteiger partial charge in [0, 0.05) is 12.6 Å². The number of rotatable bonds is 2. The second-order valence-electron chi connectivity index (χ2n) is 4.45. The number of aromatic nitrogens is 2. The predicted octanol–water partition coefficient (Wildman–Crippen LogP) is 2.31. The highest BCUT2D eigenvalue weighted by molar-refractivity contribution is 5.55. The zero-order valence-corrected chi connectivity index (χ0v) is 9.81. The molecule has 0 atom stereocenters. The third-order valence-corrected chi connectivity index (χ3v) is 2.65. The first-order valence-corrected chi connectivity index (χ1v) is 5.30. The van der Waals surface area contributed by atoms with Crippen molar-refractivity contribution in [3.05, 3.63) is 42.2 Å². The number of hydrogen-bond acceptors (Lipinski definition) is 2. The van der Waals surface area contributed by atoms with Gasteiger partial charge in [-0.1, -0.05) is 30.3 Å². The molecule has 1 aromatic carbocycles. The van der Waals surface area contributed by atoms with Crippen molar-refractivity contribution in [2.75, 3.05) is 0 Å². The van der Waals surface area contributed by atoms with Crippen LogP contribution in [-0.2, 0) is 12.6 Å². The summed E-state index contributed by atoms with van der Waals surface area (Å²) in [6.45, 7) is 3.53. The van der Waals surface area contributed by atoms with Crippen LogP contribution < -0.4 is 0 Å². The monoisotopic (exact) mass is 216 g/mol. The average Bonchev–Trinajstić information content (AvgIpc) is 2.61. The van der Waals surface area contributed by atoms with Crippen molar-refractivity contribution in [1.29, 1.82) is 0 Å². The van der Waals surface area contributed by atoms with E-state index in [1.54, 1.807) is 20.0 Å². The van der Waals surface area contributed by atoms with E-state index in [4.69, 9.17) is 0 Å². The second-order valence-corrected chi connectivity index (χ2v) is 4.45. The van der Waals surface area contributed by atoms with Crippen molar-refractivity contribution >= 4 is 0 Å². The molecular weight excluding hydrogens is 200 g/mol. The van der Waals surface area contributed by atoms with Gasteiger partial charge >= 0.3 is 0 Å². The van der Waals surface area contributed by atoms with E-state index >= 15 is 0 Å². The fourth-order valence-electron chi connectivity index (χ4n) is 1.83. The third kappa shape index (κ3) is 1.86. The maximum atomic E-state index is 9.97. The molecule has 0 bridgehead atoms. The topological polar surface area (TPSA) is 38.0 Å². The number of aliphatic hydroxyl groups is 1. The van der Waals surface area contributed by atoms with Gasteiger partial charge in [0.05, 0.1) is 11.9 Å². The highest BCUT2D eigenvalue weighted by Gasteiger charge is 2.21. The minimum atomic E-state index is -0.866. The molecule has 0 aliphatic rings. The van der Waals surface area contributed by atoms with Crippen molar-refractivity contribution in [3.8, 4) is 11.4 Å². The molecule has 0 amide bonds. The maximum absolute atomic E-state index is 9.97. The lowest BCUT2D eigenvalue weighted by molar-refractivity contribution is 0.0708. The molecule has 2 rings (SSSR count). The Bertz CT molecular complexity index is 480. The van der Waals surface area contributed by atoms with E-state index in [1.165, 1.54) is 0 Å². The van der Waals surface area contributed by atoms with Crippen LogP contribution in [0, 0.1) is 0 Å². The number of nitrogens with zero attached hydrogens (tertiary/aromatic N) is 2. The Morgan fingerprint density at radius 1 is 1.19 bits per heavy atom. The molecule has 1 heterocycles. The molecule has 0 aliphatic heterocycles. The van der Waals surface area contributed by atoms with Crippen LogP contribution in [0.4, 0.5) is 0 Å². The minimum Gasteiger partial charge on any atom is -0.384 e. The van der Waals surface area contributed by atoms with Gasteiger partial charge in [0.25, 0.3) is 0 Å². The molecule has 1 aromatic heterocycles. The van der Waals surface area contributed by atoms with Gasteiger partial charge in [-0.2, -0.15) is 0 Å². The zero-order chi connectivity index (χ0) is 11.8. The summed E-state index contributed by atoms with van der Waals surface area (Å²) >= 11 is 0. The van der Waals surface area contributed by atoms with Crippen molar-refractivity contribution < 1.29 is 5.11 Å². The lowest BCUT2D eigenvalue weighted by Gasteiger charge is -2.18. The zero-order valence-electron chi connectivity index (χ0n) is 9.81. The SMILES string of the molecule is Cn1c(C(C)(C)O)cnc1-c1ccccc1. The van der Waals surface area contributed by atoms with Crippen LogP contribution >= 0.6 is 0 Å². The first-order valence-electron chi connectivity index (χ1n) is 5.30. The van der Waals surface area contributed by atoms with Gasteiger partial charge < -0.3 is 9.67 Å². The standard InChI is InChI=1S/C13H16N2O/c1-13(2,16)11-9-14-12(15(11)3)10-7-5-4-6-8-10/h4-9,16H,1-3H3. The normalized spacial score (nSPS) is 11.8. The molecule has 3 nitrogen and oxygen atoms in total. The van der Waals surface area contributed by atoms with Gasteiger partial charge in [0.15, 0.2) is 0 Å². The summed E-state index contributed by atoms with van der Waals surface area (Å²) in [6, 6.07) is 9.96. The highest BCUT2D eigenvalue weighted by atomic mass is 16.3. The van der Waals surface area contributed by atoms with Gasteiger partial charge in [0.1, 0.15) is 11.4 Å². The van der Waals surface area contributed by atoms with E-state index in [2.05, 4.69) is 4.98 Å². The second kappa shape index (κ2) is 3.76. The molecule has 0 saturated carbocycles. The molecule has 0 fully saturated rings. The van der Waals surface area contributed by atoms with Gasteiger partial charge in [-0.3, -0.25) is 0 Å². The van der Waals surface area contributed by atoms with Gasteiger partial charge in [-0.15, -0.1) is 0 Å². The van der Waals surface area contributed by atoms with Gasteiger partial charge in [0.2, 0.25) is 0 Å². The summed E-state index contributed by atoms with van der Waals surface area (Å²) < 4.78 is 1.93. The number of benzene rings is 1. The lowest BCUT2D eigenvalue weighted by Crippen LogP contribution is -2.19. The molecule has 16 heavy (non-hydrogen) atoms. The number of hydrogen-bond donors (Lipinski definition) is 1. The summed E-state index contributed by atoms with van der Waals surface area (Å²) in [5, 5.41) is 9.97. The Morgan fingerprint density at radius 3 is 2.31 bits per heavy atom. The summed E-state index contributed by atoms with van der Waals surface area (Å²) in [4.78, 5) is 4.36. The summed E-state index contributed by atoms with van der Waals surface area (Å²) in [6.07, 6.45) is 1.72. The highest BCUT2D eigenvalue weighted by Crippen LogP contribution is 2.24. The summed E-state index contributed by atoms with van der Waals surface area (Å²) in [7, 11) is 1.92. The van der Waals surface area contributed by atoms with E-state index < -0.39 is 5.60 Å². The van der Waals surface area contributed by atoms with Crippen LogP contribution in [0.5, 0.6) is 0 Å². The Kier molecular flexibility index (Phi) is 2.56. The molecule has 0 saturated heterocycles. The van der Waals surface area contributed by atoms with Gasteiger partial charge in [-0.25, -0.2) is 4.98 Å².